The quantitative estimate of drug-likeness (QED) is 0.908. The van der Waals surface area contributed by atoms with Crippen LogP contribution >= 0.6 is 15.9 Å². The van der Waals surface area contributed by atoms with Gasteiger partial charge in [-0.05, 0) is 39.9 Å². The summed E-state index contributed by atoms with van der Waals surface area (Å²) in [4.78, 5) is 11.7. The van der Waals surface area contributed by atoms with E-state index in [4.69, 9.17) is 4.74 Å². The van der Waals surface area contributed by atoms with E-state index in [2.05, 4.69) is 35.1 Å². The van der Waals surface area contributed by atoms with Crippen molar-refractivity contribution in [1.29, 1.82) is 0 Å². The first kappa shape index (κ1) is 14.1. The number of rotatable bonds is 3. The molecule has 0 amide bonds. The number of carbonyl (C=O) groups is 1. The van der Waals surface area contributed by atoms with E-state index < -0.39 is 0 Å². The second kappa shape index (κ2) is 5.37. The Morgan fingerprint density at radius 1 is 1.32 bits per heavy atom. The van der Waals surface area contributed by atoms with Gasteiger partial charge in [-0.15, -0.1) is 0 Å². The molecular weight excluding hydrogens is 306 g/mol. The van der Waals surface area contributed by atoms with Crippen molar-refractivity contribution in [3.8, 4) is 5.75 Å². The molecule has 0 heterocycles. The van der Waals surface area contributed by atoms with Crippen LogP contribution in [0.15, 0.2) is 34.4 Å². The lowest BCUT2D eigenvalue weighted by molar-refractivity contribution is -0.117. The summed E-state index contributed by atoms with van der Waals surface area (Å²) in [6.45, 7) is 4.22. The summed E-state index contributed by atoms with van der Waals surface area (Å²) in [6, 6.07) is 5.73. The van der Waals surface area contributed by atoms with Crippen LogP contribution in [0.4, 0.5) is 5.69 Å². The largest absolute Gasteiger partial charge is 0.497 e. The van der Waals surface area contributed by atoms with Gasteiger partial charge in [-0.25, -0.2) is 0 Å². The van der Waals surface area contributed by atoms with Gasteiger partial charge in [0.25, 0.3) is 0 Å². The van der Waals surface area contributed by atoms with E-state index in [-0.39, 0.29) is 11.2 Å². The lowest BCUT2D eigenvalue weighted by Crippen LogP contribution is -2.24. The highest BCUT2D eigenvalue weighted by atomic mass is 79.9. The lowest BCUT2D eigenvalue weighted by Gasteiger charge is -2.29. The first-order valence-corrected chi connectivity index (χ1v) is 7.03. The van der Waals surface area contributed by atoms with Gasteiger partial charge in [0, 0.05) is 28.7 Å². The van der Waals surface area contributed by atoms with E-state index in [0.29, 0.717) is 6.42 Å². The second-order valence-corrected chi connectivity index (χ2v) is 6.48. The van der Waals surface area contributed by atoms with E-state index in [0.717, 1.165) is 28.0 Å². The fourth-order valence-corrected chi connectivity index (χ4v) is 2.67. The molecule has 1 aromatic rings. The zero-order valence-corrected chi connectivity index (χ0v) is 13.0. The molecule has 0 spiro atoms. The minimum absolute atomic E-state index is 0.0134. The molecule has 0 aliphatic heterocycles. The summed E-state index contributed by atoms with van der Waals surface area (Å²) in [5.74, 6) is 0.963. The highest BCUT2D eigenvalue weighted by Crippen LogP contribution is 2.36. The van der Waals surface area contributed by atoms with Gasteiger partial charge in [-0.1, -0.05) is 13.8 Å². The van der Waals surface area contributed by atoms with Crippen LogP contribution in [0.25, 0.3) is 0 Å². The number of carbonyl (C=O) groups excluding carboxylic acids is 1. The maximum atomic E-state index is 11.7. The molecule has 0 unspecified atom stereocenters. The summed E-state index contributed by atoms with van der Waals surface area (Å²) < 4.78 is 6.16. The third-order valence-electron chi connectivity index (χ3n) is 3.13. The minimum atomic E-state index is 0.0134. The first-order valence-electron chi connectivity index (χ1n) is 6.24. The minimum Gasteiger partial charge on any atom is -0.497 e. The predicted molar refractivity (Wildman–Crippen MR) is 80.4 cm³/mol. The molecule has 0 saturated heterocycles. The zero-order chi connectivity index (χ0) is 14.0. The Hall–Kier alpha value is -1.29. The summed E-state index contributed by atoms with van der Waals surface area (Å²) >= 11 is 3.50. The van der Waals surface area contributed by atoms with Crippen molar-refractivity contribution in [1.82, 2.24) is 0 Å². The van der Waals surface area contributed by atoms with Crippen molar-refractivity contribution in [2.75, 3.05) is 12.4 Å². The summed E-state index contributed by atoms with van der Waals surface area (Å²) in [5.41, 5.74) is 1.88. The maximum Gasteiger partial charge on any atom is 0.157 e. The van der Waals surface area contributed by atoms with Crippen LogP contribution in [-0.4, -0.2) is 12.9 Å². The van der Waals surface area contributed by atoms with Gasteiger partial charge >= 0.3 is 0 Å². The average molecular weight is 324 g/mol. The standard InChI is InChI=1S/C15H18BrNO2/c1-15(2)8-10(6-11(18)9-15)17-14-7-12(19-3)4-5-13(14)16/h4-7,17H,8-9H2,1-3H3. The van der Waals surface area contributed by atoms with Crippen LogP contribution in [0.1, 0.15) is 26.7 Å². The van der Waals surface area contributed by atoms with Crippen molar-refractivity contribution in [2.24, 2.45) is 5.41 Å². The van der Waals surface area contributed by atoms with Crippen LogP contribution < -0.4 is 10.1 Å². The van der Waals surface area contributed by atoms with Crippen molar-refractivity contribution in [2.45, 2.75) is 26.7 Å². The normalized spacial score (nSPS) is 17.9. The Balaban J connectivity index is 2.24. The van der Waals surface area contributed by atoms with Crippen LogP contribution in [0.2, 0.25) is 0 Å². The topological polar surface area (TPSA) is 38.3 Å². The average Bonchev–Trinajstić information content (AvgIpc) is 2.29. The zero-order valence-electron chi connectivity index (χ0n) is 11.4. The van der Waals surface area contributed by atoms with Gasteiger partial charge in [0.2, 0.25) is 0 Å². The number of ether oxygens (including phenoxy) is 1. The van der Waals surface area contributed by atoms with Crippen molar-refractivity contribution < 1.29 is 9.53 Å². The third kappa shape index (κ3) is 3.60. The molecule has 0 atom stereocenters. The number of hydrogen-bond donors (Lipinski definition) is 1. The van der Waals surface area contributed by atoms with Gasteiger partial charge in [-0.3, -0.25) is 4.79 Å². The highest BCUT2D eigenvalue weighted by molar-refractivity contribution is 9.10. The number of methoxy groups -OCH3 is 1. The van der Waals surface area contributed by atoms with E-state index >= 15 is 0 Å². The smallest absolute Gasteiger partial charge is 0.157 e. The summed E-state index contributed by atoms with van der Waals surface area (Å²) in [7, 11) is 1.64. The molecule has 0 saturated carbocycles. The Morgan fingerprint density at radius 2 is 2.05 bits per heavy atom. The number of ketones is 1. The van der Waals surface area contributed by atoms with Crippen LogP contribution in [0.3, 0.4) is 0 Å². The molecule has 3 nitrogen and oxygen atoms in total. The molecule has 0 bridgehead atoms. The van der Waals surface area contributed by atoms with Crippen LogP contribution in [0, 0.1) is 5.41 Å². The molecule has 0 fully saturated rings. The molecule has 19 heavy (non-hydrogen) atoms. The molecule has 0 aromatic heterocycles. The third-order valence-corrected chi connectivity index (χ3v) is 3.82. The van der Waals surface area contributed by atoms with Gasteiger partial charge in [0.05, 0.1) is 12.8 Å². The molecule has 1 aliphatic rings. The Morgan fingerprint density at radius 3 is 2.68 bits per heavy atom. The maximum absolute atomic E-state index is 11.7. The monoisotopic (exact) mass is 323 g/mol. The fraction of sp³-hybridized carbons (Fsp3) is 0.400. The van der Waals surface area contributed by atoms with Crippen LogP contribution in [-0.2, 0) is 4.79 Å². The summed E-state index contributed by atoms with van der Waals surface area (Å²) in [6.07, 6.45) is 3.18. The number of nitrogens with one attached hydrogen (secondary N) is 1. The molecule has 1 N–H and O–H groups in total. The van der Waals surface area contributed by atoms with Gasteiger partial charge in [-0.2, -0.15) is 0 Å². The number of anilines is 1. The van der Waals surface area contributed by atoms with Gasteiger partial charge in [0.15, 0.2) is 5.78 Å². The molecule has 0 radical (unpaired) electrons. The Kier molecular flexibility index (Phi) is 3.99. The van der Waals surface area contributed by atoms with Crippen LogP contribution in [0.5, 0.6) is 5.75 Å². The van der Waals surface area contributed by atoms with E-state index in [9.17, 15) is 4.79 Å². The molecule has 2 rings (SSSR count). The molecule has 102 valence electrons. The summed E-state index contributed by atoms with van der Waals surface area (Å²) in [5, 5.41) is 3.32. The molecular formula is C15H18BrNO2. The number of hydrogen-bond acceptors (Lipinski definition) is 3. The SMILES string of the molecule is COc1ccc(Br)c(NC2=CC(=O)CC(C)(C)C2)c1. The molecule has 1 aliphatic carbocycles. The second-order valence-electron chi connectivity index (χ2n) is 5.62. The van der Waals surface area contributed by atoms with Crippen molar-refractivity contribution >= 4 is 27.4 Å². The molecule has 1 aromatic carbocycles. The van der Waals surface area contributed by atoms with E-state index in [1.807, 2.05) is 18.2 Å². The number of allylic oxidation sites excluding steroid dienone is 2. The predicted octanol–water partition coefficient (Wildman–Crippen LogP) is 4.14. The number of benzene rings is 1. The lowest BCUT2D eigenvalue weighted by atomic mass is 9.79. The van der Waals surface area contributed by atoms with E-state index in [1.165, 1.54) is 0 Å². The van der Waals surface area contributed by atoms with E-state index in [1.54, 1.807) is 13.2 Å². The first-order chi connectivity index (χ1) is 8.89. The van der Waals surface area contributed by atoms with Gasteiger partial charge < -0.3 is 10.1 Å². The van der Waals surface area contributed by atoms with Gasteiger partial charge in [0.1, 0.15) is 5.75 Å². The Bertz CT molecular complexity index is 535. The number of halogens is 1. The fourth-order valence-electron chi connectivity index (χ4n) is 2.33. The Labute approximate surface area is 122 Å². The highest BCUT2D eigenvalue weighted by Gasteiger charge is 2.27. The van der Waals surface area contributed by atoms with Crippen molar-refractivity contribution in [3.05, 3.63) is 34.4 Å². The van der Waals surface area contributed by atoms with Crippen molar-refractivity contribution in [3.63, 3.8) is 0 Å². The molecule has 4 heteroatoms.